The van der Waals surface area contributed by atoms with Gasteiger partial charge in [-0.05, 0) is 72.8 Å². The molecule has 0 saturated carbocycles. The Morgan fingerprint density at radius 2 is 0.465 bits per heavy atom. The number of pyridine rings is 6. The van der Waals surface area contributed by atoms with Crippen molar-refractivity contribution in [3.05, 3.63) is 143 Å². The average Bonchev–Trinajstić information content (AvgIpc) is 3.64. The fourth-order valence-corrected chi connectivity index (χ4v) is 5.10. The first kappa shape index (κ1) is 27.7. The van der Waals surface area contributed by atoms with Crippen LogP contribution in [0.4, 0.5) is 0 Å². The Kier molecular flexibility index (Phi) is 7.36. The minimum atomic E-state index is 0. The van der Waals surface area contributed by atoms with Crippen LogP contribution in [0.5, 0.6) is 0 Å². The van der Waals surface area contributed by atoms with Crippen LogP contribution in [0.25, 0.3) is 34.2 Å². The number of ketones is 3. The number of hydrogen-bond acceptors (Lipinski definition) is 9. The summed E-state index contributed by atoms with van der Waals surface area (Å²) in [6.45, 7) is 0. The third-order valence-corrected chi connectivity index (χ3v) is 6.99. The second-order valence-corrected chi connectivity index (χ2v) is 9.38. The van der Waals surface area contributed by atoms with Gasteiger partial charge in [0.25, 0.3) is 0 Å². The molecule has 9 rings (SSSR count). The molecule has 6 heterocycles. The van der Waals surface area contributed by atoms with Gasteiger partial charge in [0, 0.05) is 56.7 Å². The van der Waals surface area contributed by atoms with Crippen molar-refractivity contribution in [3.8, 4) is 34.2 Å². The van der Waals surface area contributed by atoms with Crippen LogP contribution in [0.3, 0.4) is 0 Å². The number of hydrogen-bond donors (Lipinski definition) is 0. The summed E-state index contributed by atoms with van der Waals surface area (Å²) in [5.74, 6) is 0.0728. The van der Waals surface area contributed by atoms with E-state index in [1.54, 1.807) is 110 Å². The normalized spacial score (nSPS) is 12.1. The summed E-state index contributed by atoms with van der Waals surface area (Å²) in [5, 5.41) is 0. The molecule has 0 unspecified atom stereocenters. The summed E-state index contributed by atoms with van der Waals surface area (Å²) in [4.78, 5) is 60.4. The quantitative estimate of drug-likeness (QED) is 0.208. The number of rotatable bonds is 0. The van der Waals surface area contributed by atoms with Crippen LogP contribution in [0.15, 0.2) is 110 Å². The molecule has 3 aliphatic rings. The molecule has 0 amide bonds. The molecule has 10 heteroatoms. The second kappa shape index (κ2) is 11.4. The minimum absolute atomic E-state index is 0. The van der Waals surface area contributed by atoms with Crippen molar-refractivity contribution < 1.29 is 33.9 Å². The van der Waals surface area contributed by atoms with E-state index >= 15 is 0 Å². The molecule has 43 heavy (non-hydrogen) atoms. The van der Waals surface area contributed by atoms with Crippen molar-refractivity contribution >= 4 is 17.3 Å². The van der Waals surface area contributed by atoms with E-state index in [2.05, 4.69) is 29.9 Å². The van der Waals surface area contributed by atoms with Gasteiger partial charge in [0.1, 0.15) is 34.2 Å². The smallest absolute Gasteiger partial charge is 0.197 e. The van der Waals surface area contributed by atoms with Crippen LogP contribution in [0.2, 0.25) is 0 Å². The molecule has 0 atom stereocenters. The number of nitrogens with zero attached hydrogens (tertiary/aromatic N) is 6. The van der Waals surface area contributed by atoms with E-state index in [1.165, 1.54) is 0 Å². The van der Waals surface area contributed by atoms with Crippen LogP contribution in [0.1, 0.15) is 47.8 Å². The standard InChI is InChI=1S/3C11H6N2O.Ru/c3*14-11-7-3-1-5-12-9(7)10-8(11)4-2-6-13-10;/h3*1-6H;. The molecule has 0 spiro atoms. The maximum Gasteiger partial charge on any atom is 0.197 e. The topological polar surface area (TPSA) is 129 Å². The summed E-state index contributed by atoms with van der Waals surface area (Å²) < 4.78 is 0. The second-order valence-electron chi connectivity index (χ2n) is 9.38. The van der Waals surface area contributed by atoms with Gasteiger partial charge < -0.3 is 0 Å². The average molecular weight is 648 g/mol. The van der Waals surface area contributed by atoms with Gasteiger partial charge in [-0.3, -0.25) is 44.3 Å². The molecule has 6 aromatic heterocycles. The monoisotopic (exact) mass is 648 g/mol. The molecule has 3 aliphatic carbocycles. The molecular formula is C33H18N6O3Ru. The van der Waals surface area contributed by atoms with E-state index in [0.717, 1.165) is 0 Å². The zero-order chi connectivity index (χ0) is 28.6. The number of fused-ring (bicyclic) bond motifs is 9. The summed E-state index contributed by atoms with van der Waals surface area (Å²) in [5.41, 5.74) is 8.14. The van der Waals surface area contributed by atoms with Crippen LogP contribution in [-0.2, 0) is 19.5 Å². The van der Waals surface area contributed by atoms with Crippen molar-refractivity contribution in [2.75, 3.05) is 0 Å². The van der Waals surface area contributed by atoms with Crippen molar-refractivity contribution in [1.82, 2.24) is 29.9 Å². The predicted octanol–water partition coefficient (Wildman–Crippen LogP) is 5.06. The van der Waals surface area contributed by atoms with E-state index in [1.807, 2.05) is 0 Å². The zero-order valence-corrected chi connectivity index (χ0v) is 23.9. The number of aromatic nitrogens is 6. The van der Waals surface area contributed by atoms with Gasteiger partial charge in [-0.15, -0.1) is 0 Å². The van der Waals surface area contributed by atoms with Gasteiger partial charge in [-0.1, -0.05) is 0 Å². The number of carbonyl (C=O) groups is 3. The van der Waals surface area contributed by atoms with E-state index in [9.17, 15) is 14.4 Å². The Morgan fingerprint density at radius 1 is 0.302 bits per heavy atom. The molecule has 0 fully saturated rings. The fourth-order valence-electron chi connectivity index (χ4n) is 5.10. The van der Waals surface area contributed by atoms with Gasteiger partial charge in [0.15, 0.2) is 17.3 Å². The van der Waals surface area contributed by atoms with E-state index in [0.29, 0.717) is 67.5 Å². The van der Waals surface area contributed by atoms with E-state index < -0.39 is 0 Å². The van der Waals surface area contributed by atoms with Gasteiger partial charge in [-0.25, -0.2) is 0 Å². The summed E-state index contributed by atoms with van der Waals surface area (Å²) in [6, 6.07) is 21.3. The largest absolute Gasteiger partial charge is 0.288 e. The van der Waals surface area contributed by atoms with Gasteiger partial charge in [0.05, 0.1) is 33.4 Å². The van der Waals surface area contributed by atoms with Crippen molar-refractivity contribution in [1.29, 1.82) is 0 Å². The summed E-state index contributed by atoms with van der Waals surface area (Å²) >= 11 is 0. The molecule has 0 N–H and O–H groups in total. The third kappa shape index (κ3) is 4.68. The SMILES string of the molecule is O=C1c2cccnc2-c2ncccc21.O=C1c2cccnc2-c2ncccc21.O=C1c2cccnc2-c2ncccc21.[Ru]. The molecular weight excluding hydrogens is 629 g/mol. The zero-order valence-electron chi connectivity index (χ0n) is 22.2. The maximum atomic E-state index is 11.8. The molecule has 9 nitrogen and oxygen atoms in total. The van der Waals surface area contributed by atoms with Crippen LogP contribution < -0.4 is 0 Å². The fraction of sp³-hybridized carbons (Fsp3) is 0. The molecule has 0 bridgehead atoms. The van der Waals surface area contributed by atoms with Crippen LogP contribution >= 0.6 is 0 Å². The Hall–Kier alpha value is -5.47. The van der Waals surface area contributed by atoms with Crippen LogP contribution in [-0.4, -0.2) is 47.3 Å². The van der Waals surface area contributed by atoms with Crippen molar-refractivity contribution in [2.24, 2.45) is 0 Å². The van der Waals surface area contributed by atoms with Crippen LogP contribution in [0, 0.1) is 0 Å². The maximum absolute atomic E-state index is 11.8. The molecule has 0 saturated heterocycles. The van der Waals surface area contributed by atoms with Crippen molar-refractivity contribution in [3.63, 3.8) is 0 Å². The Labute approximate surface area is 257 Å². The summed E-state index contributed by atoms with van der Waals surface area (Å²) in [7, 11) is 0. The molecule has 0 radical (unpaired) electrons. The van der Waals surface area contributed by atoms with Gasteiger partial charge in [0.2, 0.25) is 0 Å². The molecule has 6 aromatic rings. The van der Waals surface area contributed by atoms with Gasteiger partial charge in [-0.2, -0.15) is 0 Å². The molecule has 0 aliphatic heterocycles. The first-order valence-corrected chi connectivity index (χ1v) is 13.0. The van der Waals surface area contributed by atoms with E-state index in [-0.39, 0.29) is 36.8 Å². The van der Waals surface area contributed by atoms with Crippen molar-refractivity contribution in [2.45, 2.75) is 0 Å². The minimum Gasteiger partial charge on any atom is -0.288 e. The Morgan fingerprint density at radius 3 is 0.628 bits per heavy atom. The Balaban J connectivity index is 0.000000113. The predicted molar refractivity (Wildman–Crippen MR) is 153 cm³/mol. The third-order valence-electron chi connectivity index (χ3n) is 6.99. The van der Waals surface area contributed by atoms with E-state index in [4.69, 9.17) is 0 Å². The summed E-state index contributed by atoms with van der Waals surface area (Å²) in [6.07, 6.45) is 10.1. The molecule has 206 valence electrons. The Bertz CT molecular complexity index is 1700. The van der Waals surface area contributed by atoms with Gasteiger partial charge >= 0.3 is 0 Å². The number of carbonyl (C=O) groups excluding carboxylic acids is 3. The first-order valence-electron chi connectivity index (χ1n) is 13.0. The molecule has 0 aromatic carbocycles. The first-order chi connectivity index (χ1) is 20.6.